The van der Waals surface area contributed by atoms with Crippen LogP contribution >= 0.6 is 22.6 Å². The number of aromatic nitrogens is 2. The molecule has 19 nitrogen and oxygen atoms in total. The van der Waals surface area contributed by atoms with E-state index in [-0.39, 0.29) is 109 Å². The summed E-state index contributed by atoms with van der Waals surface area (Å²) in [5.74, 6) is 3.15. The fourth-order valence-corrected chi connectivity index (χ4v) is 23.5. The normalized spacial score (nSPS) is 41.3. The third-order valence-electron chi connectivity index (χ3n) is 32.1. The van der Waals surface area contributed by atoms with E-state index < -0.39 is 58.0 Å². The number of para-hydroxylation sites is 2. The van der Waals surface area contributed by atoms with E-state index in [1.807, 2.05) is 63.3 Å². The molecule has 127 heavy (non-hydrogen) atoms. The number of aliphatic hydroxyl groups excluding tert-OH is 3. The number of nitrogens with zero attached hydrogens (tertiary/aromatic N) is 1. The lowest BCUT2D eigenvalue weighted by Crippen LogP contribution is -2.59. The lowest BCUT2D eigenvalue weighted by molar-refractivity contribution is -0.273. The Bertz CT molecular complexity index is 4220. The van der Waals surface area contributed by atoms with Crippen molar-refractivity contribution in [2.24, 2.45) is 35.5 Å². The van der Waals surface area contributed by atoms with Crippen molar-refractivity contribution in [2.45, 2.75) is 461 Å². The van der Waals surface area contributed by atoms with Crippen LogP contribution in [0.3, 0.4) is 0 Å². The highest BCUT2D eigenvalue weighted by atomic mass is 127. The van der Waals surface area contributed by atoms with Crippen LogP contribution in [0.1, 0.15) is 299 Å². The Morgan fingerprint density at radius 3 is 1.32 bits per heavy atom. The second-order valence-corrected chi connectivity index (χ2v) is 43.4. The van der Waals surface area contributed by atoms with E-state index in [4.69, 9.17) is 52.1 Å². The first kappa shape index (κ1) is 103. The van der Waals surface area contributed by atoms with E-state index in [1.54, 1.807) is 16.7 Å². The van der Waals surface area contributed by atoms with E-state index in [0.717, 1.165) is 136 Å². The number of halogens is 1. The molecule has 1 aromatic carbocycles. The van der Waals surface area contributed by atoms with E-state index in [2.05, 4.69) is 201 Å². The highest BCUT2D eigenvalue weighted by Crippen LogP contribution is 2.53. The van der Waals surface area contributed by atoms with Gasteiger partial charge in [0.15, 0.2) is 0 Å². The second kappa shape index (κ2) is 45.1. The van der Waals surface area contributed by atoms with Crippen LogP contribution in [0, 0.1) is 35.5 Å². The van der Waals surface area contributed by atoms with Gasteiger partial charge in [0.1, 0.15) is 12.2 Å². The molecule has 20 heteroatoms. The van der Waals surface area contributed by atoms with Gasteiger partial charge in [-0.25, -0.2) is 4.79 Å². The quantitative estimate of drug-likeness (QED) is 0.0291. The fourth-order valence-electron chi connectivity index (χ4n) is 22.8. The van der Waals surface area contributed by atoms with Gasteiger partial charge in [-0.05, 0) is 272 Å². The number of H-pyrrole nitrogens is 1. The number of rotatable bonds is 26. The zero-order valence-electron chi connectivity index (χ0n) is 81.3. The Morgan fingerprint density at radius 2 is 0.890 bits per heavy atom. The van der Waals surface area contributed by atoms with Gasteiger partial charge in [0.05, 0.1) is 161 Å². The number of alkyl halides is 1. The van der Waals surface area contributed by atoms with Crippen LogP contribution in [0.15, 0.2) is 149 Å². The van der Waals surface area contributed by atoms with Gasteiger partial charge in [-0.2, -0.15) is 0 Å². The van der Waals surface area contributed by atoms with E-state index in [0.29, 0.717) is 87.2 Å². The molecule has 12 heterocycles. The molecule has 0 amide bonds. The maximum atomic E-state index is 12.5. The molecular formula is C107H167IN2O17. The van der Waals surface area contributed by atoms with E-state index >= 15 is 0 Å². The van der Waals surface area contributed by atoms with Crippen LogP contribution in [0.5, 0.6) is 0 Å². The minimum atomic E-state index is -0.934. The van der Waals surface area contributed by atoms with Crippen molar-refractivity contribution >= 4 is 33.6 Å². The Labute approximate surface area is 777 Å². The number of fused-ring (bicyclic) bond motifs is 9. The van der Waals surface area contributed by atoms with Crippen molar-refractivity contribution in [3.63, 3.8) is 0 Å². The third kappa shape index (κ3) is 25.4. The van der Waals surface area contributed by atoms with Crippen molar-refractivity contribution < 1.29 is 77.6 Å². The van der Waals surface area contributed by atoms with Gasteiger partial charge in [-0.3, -0.25) is 4.57 Å². The molecule has 6 N–H and O–H groups in total. The summed E-state index contributed by atoms with van der Waals surface area (Å²) in [6, 6.07) is 7.77. The first-order valence-electron chi connectivity index (χ1n) is 49.1. The van der Waals surface area contributed by atoms with Crippen LogP contribution < -0.4 is 5.69 Å². The highest BCUT2D eigenvalue weighted by molar-refractivity contribution is 14.1. The van der Waals surface area contributed by atoms with Gasteiger partial charge in [0.2, 0.25) is 0 Å². The summed E-state index contributed by atoms with van der Waals surface area (Å²) >= 11 is 2.40. The number of nitrogens with one attached hydrogen (secondary N) is 1. The van der Waals surface area contributed by atoms with Crippen LogP contribution in [0.4, 0.5) is 0 Å². The number of aromatic amines is 1. The minimum absolute atomic E-state index is 0.0150. The topological polar surface area (TPSA) is 240 Å². The van der Waals surface area contributed by atoms with Crippen molar-refractivity contribution in [2.75, 3.05) is 11.0 Å². The molecule has 11 fully saturated rings. The van der Waals surface area contributed by atoms with Gasteiger partial charge in [-0.1, -0.05) is 203 Å². The number of imidazole rings is 1. The molecular weight excluding hydrogens is 1710 g/mol. The third-order valence-corrected chi connectivity index (χ3v) is 32.5. The Kier molecular flexibility index (Phi) is 36.7. The maximum Gasteiger partial charge on any atom is 0.326 e. The van der Waals surface area contributed by atoms with E-state index in [1.165, 1.54) is 28.7 Å². The number of benzene rings is 1. The number of hydrogen-bond acceptors (Lipinski definition) is 17. The second-order valence-electron chi connectivity index (χ2n) is 42.5. The molecule has 13 rings (SSSR count). The molecule has 0 aliphatic carbocycles. The molecule has 0 saturated carbocycles. The van der Waals surface area contributed by atoms with Crippen LogP contribution in [-0.2, 0) is 58.7 Å². The molecule has 0 bridgehead atoms. The summed E-state index contributed by atoms with van der Waals surface area (Å²) in [6.45, 7) is 51.7. The largest absolute Gasteiger partial charge is 0.392 e. The SMILES string of the molecule is C=C/C=C\CCC1OC2CCC3(C)OC4C(O)CC5(C)OC(CC/C=C(C)/C(C)=C/CO)C(C)CC5OC4CC3OC2CCC1(C)O.C=C/C=C\CCC1OC2CCC3(C)OC4C(O)CC5(C)OC(CC/C=C(C)/C(C)=C/Cn6c(=O)[nH]c7ccccc76)C(C)CC5OC4CC3OC2CCC1(C)O.CC(=C\CI)/C(C)=C/CCC1OC(C)(C(C)C)C(C(C)C)CC1C. The zero-order chi connectivity index (χ0) is 92.3. The molecule has 2 aromatic rings. The predicted molar refractivity (Wildman–Crippen MR) is 517 cm³/mol. The summed E-state index contributed by atoms with van der Waals surface area (Å²) in [5.41, 5.74) is 4.82. The van der Waals surface area contributed by atoms with Gasteiger partial charge in [0.25, 0.3) is 0 Å². The minimum Gasteiger partial charge on any atom is -0.392 e. The number of allylic oxidation sites excluding steroid dienone is 17. The summed E-state index contributed by atoms with van der Waals surface area (Å²) in [6.07, 6.45) is 40.0. The van der Waals surface area contributed by atoms with E-state index in [9.17, 15) is 30.3 Å². The van der Waals surface area contributed by atoms with Crippen LogP contribution in [-0.4, -0.2) is 201 Å². The lowest BCUT2D eigenvalue weighted by Gasteiger charge is -2.52. The van der Waals surface area contributed by atoms with Crippen LogP contribution in [0.2, 0.25) is 0 Å². The van der Waals surface area contributed by atoms with Crippen molar-refractivity contribution in [3.8, 4) is 0 Å². The summed E-state index contributed by atoms with van der Waals surface area (Å²) in [7, 11) is 0. The average Bonchev–Trinajstić information content (AvgIpc) is 1.58. The Hall–Kier alpha value is -4.02. The van der Waals surface area contributed by atoms with Gasteiger partial charge in [-0.15, -0.1) is 0 Å². The molecule has 11 saturated heterocycles. The zero-order valence-corrected chi connectivity index (χ0v) is 83.5. The van der Waals surface area contributed by atoms with Gasteiger partial charge in [0, 0.05) is 36.7 Å². The summed E-state index contributed by atoms with van der Waals surface area (Å²) < 4.78 is 78.3. The molecule has 0 radical (unpaired) electrons. The fraction of sp³-hybridized carbons (Fsp3) is 0.748. The standard InChI is InChI=1S/C46H66N2O8.C39H62O8.C22H39IO/c1-8-9-10-11-19-39-44(5,51)23-20-36-37(52-39)21-24-45(6)41(53-36)27-38-42(56-45)34(49)28-46(7)40(54-38)26-31(4)35(55-46)18-14-15-29(2)30(3)22-25-48-33-17-13-12-16-32(33)47-43(48)50;1-8-9-10-11-15-33-37(5,42)19-16-30-31(43-33)17-20-38(6)35(44-30)23-32-36(47-38)28(41)24-39(7)34(45-32)22-27(4)29(46-39)14-12-13-25(2)26(3)18-21-40;1-15(2)20-14-19(7)21(24-22(20,8)16(3)4)11-9-10-17(5)18(6)12-13-23/h8-10,12-13,15-17,22,31,34-42,49,51H,1,11,14,18-21,23-28H2,2-7H3,(H,47,50);8-10,13,18,27-36,40-42H,1,11-12,14-17,19-24H2,2-7H3;10,12,15-16,19-21H,9,11,13-14H2,1-8H3/b10-9-,29-15+,30-22+;10-9-,25-13+,26-18+;17-10+,18-12+. The molecule has 1 aromatic heterocycles. The van der Waals surface area contributed by atoms with Gasteiger partial charge < -0.3 is 82.6 Å². The molecule has 30 atom stereocenters. The summed E-state index contributed by atoms with van der Waals surface area (Å²) in [5, 5.41) is 55.5. The maximum absolute atomic E-state index is 12.5. The molecule has 11 aliphatic rings. The molecule has 0 spiro atoms. The number of aliphatic hydroxyl groups is 5. The molecule has 11 aliphatic heterocycles. The smallest absolute Gasteiger partial charge is 0.326 e. The highest BCUT2D eigenvalue weighted by Gasteiger charge is 2.62. The van der Waals surface area contributed by atoms with Crippen molar-refractivity contribution in [1.29, 1.82) is 0 Å². The first-order chi connectivity index (χ1) is 60.1. The molecule has 30 unspecified atom stereocenters. The van der Waals surface area contributed by atoms with Gasteiger partial charge >= 0.3 is 5.69 Å². The molecule has 714 valence electrons. The van der Waals surface area contributed by atoms with Crippen molar-refractivity contribution in [3.05, 3.63) is 154 Å². The van der Waals surface area contributed by atoms with Crippen LogP contribution in [0.25, 0.3) is 11.0 Å². The predicted octanol–water partition coefficient (Wildman–Crippen LogP) is 21.1. The first-order valence-corrected chi connectivity index (χ1v) is 50.7. The Balaban J connectivity index is 0.000000199. The number of ether oxygens (including phenoxy) is 11. The lowest BCUT2D eigenvalue weighted by atomic mass is 9.67. The Morgan fingerprint density at radius 1 is 0.496 bits per heavy atom. The summed E-state index contributed by atoms with van der Waals surface area (Å²) in [4.78, 5) is 15.5. The van der Waals surface area contributed by atoms with Crippen molar-refractivity contribution in [1.82, 2.24) is 9.55 Å². The monoisotopic (exact) mass is 1880 g/mol. The number of hydrogen-bond donors (Lipinski definition) is 6. The average molecular weight is 1880 g/mol.